The van der Waals surface area contributed by atoms with Crippen LogP contribution in [0.5, 0.6) is 0 Å². The number of hydrogen-bond donors (Lipinski definition) is 2. The molecule has 1 aliphatic carbocycles. The van der Waals surface area contributed by atoms with E-state index in [1.165, 1.54) is 11.3 Å². The first-order valence-corrected chi connectivity index (χ1v) is 10.2. The predicted molar refractivity (Wildman–Crippen MR) is 102 cm³/mol. The third kappa shape index (κ3) is 5.93. The van der Waals surface area contributed by atoms with Crippen molar-refractivity contribution in [1.29, 1.82) is 0 Å². The Balaban J connectivity index is 1.83. The van der Waals surface area contributed by atoms with Gasteiger partial charge in [-0.3, -0.25) is 4.79 Å². The molecular formula is C18H30N4O3S. The maximum atomic E-state index is 12.5. The number of nitrogens with zero attached hydrogens (tertiary/aromatic N) is 2. The van der Waals surface area contributed by atoms with E-state index in [0.29, 0.717) is 17.5 Å². The van der Waals surface area contributed by atoms with Crippen molar-refractivity contribution in [2.75, 3.05) is 5.32 Å². The molecule has 0 radical (unpaired) electrons. The second-order valence-corrected chi connectivity index (χ2v) is 8.81. The van der Waals surface area contributed by atoms with Crippen molar-refractivity contribution in [3.8, 4) is 0 Å². The van der Waals surface area contributed by atoms with Gasteiger partial charge in [0.05, 0.1) is 0 Å². The van der Waals surface area contributed by atoms with Gasteiger partial charge in [-0.15, -0.1) is 10.2 Å². The summed E-state index contributed by atoms with van der Waals surface area (Å²) in [7, 11) is 0. The highest BCUT2D eigenvalue weighted by Gasteiger charge is 2.32. The molecule has 1 aliphatic rings. The van der Waals surface area contributed by atoms with Crippen molar-refractivity contribution in [1.82, 2.24) is 15.5 Å². The monoisotopic (exact) mass is 382 g/mol. The van der Waals surface area contributed by atoms with Crippen molar-refractivity contribution in [2.45, 2.75) is 84.3 Å². The van der Waals surface area contributed by atoms with Gasteiger partial charge in [-0.25, -0.2) is 4.79 Å². The Morgan fingerprint density at radius 3 is 2.54 bits per heavy atom. The zero-order valence-electron chi connectivity index (χ0n) is 16.3. The number of rotatable bonds is 6. The summed E-state index contributed by atoms with van der Waals surface area (Å²) in [5.74, 6) is 0.216. The maximum Gasteiger partial charge on any atom is 0.407 e. The summed E-state index contributed by atoms with van der Waals surface area (Å²) in [6.07, 6.45) is 3.72. The molecule has 0 aromatic carbocycles. The first kappa shape index (κ1) is 20.6. The quantitative estimate of drug-likeness (QED) is 0.773. The van der Waals surface area contributed by atoms with E-state index in [1.807, 2.05) is 20.8 Å². The normalized spacial score (nSPS) is 20.2. The zero-order valence-corrected chi connectivity index (χ0v) is 17.1. The van der Waals surface area contributed by atoms with Gasteiger partial charge in [0.25, 0.3) is 0 Å². The van der Waals surface area contributed by atoms with Gasteiger partial charge in [-0.1, -0.05) is 25.2 Å². The van der Waals surface area contributed by atoms with Gasteiger partial charge >= 0.3 is 6.09 Å². The Morgan fingerprint density at radius 2 is 1.92 bits per heavy atom. The van der Waals surface area contributed by atoms with Crippen molar-refractivity contribution >= 4 is 28.5 Å². The minimum absolute atomic E-state index is 0.0323. The molecule has 0 aliphatic heterocycles. The van der Waals surface area contributed by atoms with E-state index >= 15 is 0 Å². The van der Waals surface area contributed by atoms with Gasteiger partial charge in [0, 0.05) is 17.9 Å². The lowest BCUT2D eigenvalue weighted by Gasteiger charge is -2.21. The third-order valence-corrected chi connectivity index (χ3v) is 5.53. The van der Waals surface area contributed by atoms with Crippen LogP contribution in [0, 0.1) is 5.92 Å². The Labute approximate surface area is 159 Å². The summed E-state index contributed by atoms with van der Waals surface area (Å²) in [4.78, 5) is 24.3. The molecule has 2 atom stereocenters. The minimum Gasteiger partial charge on any atom is -0.444 e. The second kappa shape index (κ2) is 8.79. The molecule has 1 fully saturated rings. The molecule has 8 heteroatoms. The Bertz CT molecular complexity index is 622. The average Bonchev–Trinajstić information content (AvgIpc) is 3.16. The van der Waals surface area contributed by atoms with Crippen molar-refractivity contribution in [3.05, 3.63) is 5.01 Å². The van der Waals surface area contributed by atoms with Crippen LogP contribution < -0.4 is 10.6 Å². The molecule has 2 amide bonds. The molecule has 0 unspecified atom stereocenters. The molecular weight excluding hydrogens is 352 g/mol. The largest absolute Gasteiger partial charge is 0.444 e. The number of carbonyl (C=O) groups excluding carboxylic acids is 2. The van der Waals surface area contributed by atoms with Crippen LogP contribution in [0.15, 0.2) is 0 Å². The summed E-state index contributed by atoms with van der Waals surface area (Å²) < 4.78 is 5.27. The maximum absolute atomic E-state index is 12.5. The predicted octanol–water partition coefficient (Wildman–Crippen LogP) is 4.07. The molecule has 1 aromatic heterocycles. The van der Waals surface area contributed by atoms with Gasteiger partial charge in [0.15, 0.2) is 0 Å². The molecule has 7 nitrogen and oxygen atoms in total. The number of hydrogen-bond acceptors (Lipinski definition) is 6. The number of nitrogens with one attached hydrogen (secondary N) is 2. The molecule has 0 bridgehead atoms. The SMILES string of the molecule is CCC(CC)c1nnc(NC(=O)[C@H]2CC[C@@H](NC(=O)OC(C)(C)C)C2)s1. The molecule has 0 saturated heterocycles. The molecule has 1 saturated carbocycles. The van der Waals surface area contributed by atoms with Crippen LogP contribution >= 0.6 is 11.3 Å². The highest BCUT2D eigenvalue weighted by atomic mass is 32.1. The molecule has 2 N–H and O–H groups in total. The topological polar surface area (TPSA) is 93.2 Å². The van der Waals surface area contributed by atoms with Crippen molar-refractivity contribution < 1.29 is 14.3 Å². The summed E-state index contributed by atoms with van der Waals surface area (Å²) in [6, 6.07) is -0.0323. The number of amides is 2. The number of aromatic nitrogens is 2. The van der Waals surface area contributed by atoms with E-state index in [0.717, 1.165) is 30.7 Å². The Morgan fingerprint density at radius 1 is 1.23 bits per heavy atom. The Hall–Kier alpha value is -1.70. The lowest BCUT2D eigenvalue weighted by atomic mass is 10.1. The first-order valence-electron chi connectivity index (χ1n) is 9.35. The van der Waals surface area contributed by atoms with Crippen molar-refractivity contribution in [3.63, 3.8) is 0 Å². The number of ether oxygens (including phenoxy) is 1. The van der Waals surface area contributed by atoms with E-state index in [-0.39, 0.29) is 17.9 Å². The molecule has 0 spiro atoms. The molecule has 146 valence electrons. The fourth-order valence-electron chi connectivity index (χ4n) is 3.12. The highest BCUT2D eigenvalue weighted by Crippen LogP contribution is 2.30. The molecule has 1 heterocycles. The fourth-order valence-corrected chi connectivity index (χ4v) is 4.13. The lowest BCUT2D eigenvalue weighted by molar-refractivity contribution is -0.119. The second-order valence-electron chi connectivity index (χ2n) is 7.80. The van der Waals surface area contributed by atoms with E-state index in [2.05, 4.69) is 34.7 Å². The van der Waals surface area contributed by atoms with Crippen LogP contribution in [0.4, 0.5) is 9.93 Å². The number of anilines is 1. The first-order chi connectivity index (χ1) is 12.2. The van der Waals surface area contributed by atoms with Crippen LogP contribution in [-0.2, 0) is 9.53 Å². The van der Waals surface area contributed by atoms with Gasteiger partial charge in [0.1, 0.15) is 10.6 Å². The minimum atomic E-state index is -0.524. The number of alkyl carbamates (subject to hydrolysis) is 1. The summed E-state index contributed by atoms with van der Waals surface area (Å²) in [5.41, 5.74) is -0.524. The van der Waals surface area contributed by atoms with E-state index in [9.17, 15) is 9.59 Å². The van der Waals surface area contributed by atoms with Gasteiger partial charge in [-0.05, 0) is 52.9 Å². The summed E-state index contributed by atoms with van der Waals surface area (Å²) in [5, 5.41) is 15.6. The van der Waals surface area contributed by atoms with Crippen LogP contribution in [0.2, 0.25) is 0 Å². The number of carbonyl (C=O) groups is 2. The van der Waals surface area contributed by atoms with Gasteiger partial charge in [-0.2, -0.15) is 0 Å². The van der Waals surface area contributed by atoms with Crippen molar-refractivity contribution in [2.24, 2.45) is 5.92 Å². The fraction of sp³-hybridized carbons (Fsp3) is 0.778. The van der Waals surface area contributed by atoms with E-state index in [1.54, 1.807) is 0 Å². The van der Waals surface area contributed by atoms with E-state index in [4.69, 9.17) is 4.74 Å². The average molecular weight is 383 g/mol. The van der Waals surface area contributed by atoms with Crippen LogP contribution in [-0.4, -0.2) is 33.8 Å². The Kier molecular flexibility index (Phi) is 6.97. The molecule has 26 heavy (non-hydrogen) atoms. The van der Waals surface area contributed by atoms with Gasteiger partial charge in [0.2, 0.25) is 11.0 Å². The van der Waals surface area contributed by atoms with Crippen LogP contribution in [0.1, 0.15) is 77.6 Å². The molecule has 1 aromatic rings. The zero-order chi connectivity index (χ0) is 19.3. The standard InChI is InChI=1S/C18H30N4O3S/c1-6-11(7-2)15-21-22-16(26-15)20-14(23)12-8-9-13(10-12)19-17(24)25-18(3,4)5/h11-13H,6-10H2,1-5H3,(H,19,24)(H,20,22,23)/t12-,13+/m0/s1. The van der Waals surface area contributed by atoms with Crippen LogP contribution in [0.3, 0.4) is 0 Å². The van der Waals surface area contributed by atoms with Gasteiger partial charge < -0.3 is 15.4 Å². The van der Waals surface area contributed by atoms with Crippen LogP contribution in [0.25, 0.3) is 0 Å². The smallest absolute Gasteiger partial charge is 0.407 e. The lowest BCUT2D eigenvalue weighted by Crippen LogP contribution is -2.38. The van der Waals surface area contributed by atoms with E-state index < -0.39 is 11.7 Å². The molecule has 2 rings (SSSR count). The highest BCUT2D eigenvalue weighted by molar-refractivity contribution is 7.15. The summed E-state index contributed by atoms with van der Waals surface area (Å²) >= 11 is 1.45. The summed E-state index contributed by atoms with van der Waals surface area (Å²) in [6.45, 7) is 9.74. The third-order valence-electron chi connectivity index (χ3n) is 4.53.